The van der Waals surface area contributed by atoms with Crippen LogP contribution in [0.1, 0.15) is 0 Å². The Hall–Kier alpha value is -0.0100. The van der Waals surface area contributed by atoms with Gasteiger partial charge in [-0.1, -0.05) is 6.08 Å². The zero-order chi connectivity index (χ0) is 5.33. The Morgan fingerprint density at radius 3 is 2.57 bits per heavy atom. The summed E-state index contributed by atoms with van der Waals surface area (Å²) in [6.07, 6.45) is 1.75. The van der Waals surface area contributed by atoms with Gasteiger partial charge in [-0.25, -0.2) is 0 Å². The van der Waals surface area contributed by atoms with E-state index in [2.05, 4.69) is 6.58 Å². The molecule has 1 nitrogen and oxygen atoms in total. The van der Waals surface area contributed by atoms with Gasteiger partial charge < -0.3 is 4.74 Å². The quantitative estimate of drug-likeness (QED) is 0.301. The van der Waals surface area contributed by atoms with Crippen molar-refractivity contribution in [1.29, 1.82) is 0 Å². The highest BCUT2D eigenvalue weighted by atomic mass is 35.5. The third kappa shape index (κ3) is 0.790. The summed E-state index contributed by atoms with van der Waals surface area (Å²) in [6, 6.07) is 0. The molecule has 0 aromatic rings. The van der Waals surface area contributed by atoms with E-state index in [4.69, 9.17) is 16.3 Å². The van der Waals surface area contributed by atoms with Crippen molar-refractivity contribution in [3.05, 3.63) is 12.7 Å². The van der Waals surface area contributed by atoms with Gasteiger partial charge in [-0.2, -0.15) is 0 Å². The Balaban J connectivity index is 2.42. The van der Waals surface area contributed by atoms with E-state index in [0.717, 1.165) is 6.61 Å². The molecule has 0 saturated carbocycles. The lowest BCUT2D eigenvalue weighted by Gasteiger charge is -1.93. The van der Waals surface area contributed by atoms with Crippen molar-refractivity contribution in [2.75, 3.05) is 12.5 Å². The molecular weight excluding hydrogens is 112 g/mol. The molecule has 1 atom stereocenters. The maximum atomic E-state index is 5.46. The maximum absolute atomic E-state index is 5.46. The Morgan fingerprint density at radius 2 is 2.57 bits per heavy atom. The minimum atomic E-state index is -0.137. The molecule has 1 aliphatic heterocycles. The van der Waals surface area contributed by atoms with Gasteiger partial charge in [0.05, 0.1) is 12.5 Å². The highest BCUT2D eigenvalue weighted by Crippen LogP contribution is 2.28. The van der Waals surface area contributed by atoms with E-state index >= 15 is 0 Å². The summed E-state index contributed by atoms with van der Waals surface area (Å²) < 4.78 is 4.94. The van der Waals surface area contributed by atoms with E-state index in [-0.39, 0.29) is 5.60 Å². The first-order valence-electron chi connectivity index (χ1n) is 2.16. The SMILES string of the molecule is C=CC1(CCl)CO1. The van der Waals surface area contributed by atoms with Gasteiger partial charge in [0.25, 0.3) is 0 Å². The number of hydrogen-bond acceptors (Lipinski definition) is 1. The van der Waals surface area contributed by atoms with Crippen LogP contribution in [0, 0.1) is 0 Å². The molecule has 40 valence electrons. The molecule has 1 fully saturated rings. The summed E-state index contributed by atoms with van der Waals surface area (Å²) in [5, 5.41) is 0. The molecule has 1 heterocycles. The van der Waals surface area contributed by atoms with Gasteiger partial charge >= 0.3 is 0 Å². The second kappa shape index (κ2) is 1.49. The highest BCUT2D eigenvalue weighted by Gasteiger charge is 2.40. The molecule has 0 N–H and O–H groups in total. The van der Waals surface area contributed by atoms with Gasteiger partial charge in [0, 0.05) is 0 Å². The Kier molecular flexibility index (Phi) is 1.10. The summed E-state index contributed by atoms with van der Waals surface area (Å²) in [5.41, 5.74) is -0.137. The number of ether oxygens (including phenoxy) is 1. The van der Waals surface area contributed by atoms with Gasteiger partial charge in [0.15, 0.2) is 0 Å². The Morgan fingerprint density at radius 1 is 2.00 bits per heavy atom. The second-order valence-electron chi connectivity index (χ2n) is 1.69. The molecule has 0 bridgehead atoms. The minimum absolute atomic E-state index is 0.137. The fraction of sp³-hybridized carbons (Fsp3) is 0.600. The minimum Gasteiger partial charge on any atom is -0.364 e. The van der Waals surface area contributed by atoms with Crippen molar-refractivity contribution in [2.45, 2.75) is 5.60 Å². The summed E-state index contributed by atoms with van der Waals surface area (Å²) in [4.78, 5) is 0. The number of epoxide rings is 1. The van der Waals surface area contributed by atoms with Gasteiger partial charge in [-0.05, 0) is 0 Å². The van der Waals surface area contributed by atoms with E-state index in [1.807, 2.05) is 0 Å². The lowest BCUT2D eigenvalue weighted by molar-refractivity contribution is 0.373. The predicted molar refractivity (Wildman–Crippen MR) is 29.6 cm³/mol. The third-order valence-electron chi connectivity index (χ3n) is 1.11. The molecule has 0 amide bonds. The number of rotatable bonds is 2. The first kappa shape index (κ1) is 5.13. The molecule has 0 aromatic heterocycles. The van der Waals surface area contributed by atoms with Crippen molar-refractivity contribution in [1.82, 2.24) is 0 Å². The first-order chi connectivity index (χ1) is 3.33. The van der Waals surface area contributed by atoms with Crippen molar-refractivity contribution < 1.29 is 4.74 Å². The van der Waals surface area contributed by atoms with Crippen molar-refractivity contribution in [2.24, 2.45) is 0 Å². The third-order valence-corrected chi connectivity index (χ3v) is 1.57. The van der Waals surface area contributed by atoms with Crippen LogP contribution in [0.4, 0.5) is 0 Å². The standard InChI is InChI=1S/C5H7ClO/c1-2-5(3-6)4-7-5/h2H,1,3-4H2. The van der Waals surface area contributed by atoms with Crippen molar-refractivity contribution >= 4 is 11.6 Å². The van der Waals surface area contributed by atoms with Crippen LogP contribution in [0.15, 0.2) is 12.7 Å². The van der Waals surface area contributed by atoms with Crippen LogP contribution in [-0.2, 0) is 4.74 Å². The average Bonchev–Trinajstić information content (AvgIpc) is 2.46. The highest BCUT2D eigenvalue weighted by molar-refractivity contribution is 6.19. The number of alkyl halides is 1. The van der Waals surface area contributed by atoms with Gasteiger partial charge in [-0.15, -0.1) is 18.2 Å². The zero-order valence-corrected chi connectivity index (χ0v) is 4.74. The normalized spacial score (nSPS) is 37.9. The van der Waals surface area contributed by atoms with E-state index < -0.39 is 0 Å². The fourth-order valence-corrected chi connectivity index (χ4v) is 0.606. The molecule has 7 heavy (non-hydrogen) atoms. The average molecular weight is 119 g/mol. The van der Waals surface area contributed by atoms with Gasteiger partial charge in [0.2, 0.25) is 0 Å². The van der Waals surface area contributed by atoms with E-state index in [0.29, 0.717) is 5.88 Å². The summed E-state index contributed by atoms with van der Waals surface area (Å²) in [6.45, 7) is 4.31. The van der Waals surface area contributed by atoms with Crippen LogP contribution in [0.5, 0.6) is 0 Å². The van der Waals surface area contributed by atoms with E-state index in [1.54, 1.807) is 6.08 Å². The van der Waals surface area contributed by atoms with Crippen LogP contribution in [0.25, 0.3) is 0 Å². The fourth-order valence-electron chi connectivity index (χ4n) is 0.342. The topological polar surface area (TPSA) is 12.5 Å². The van der Waals surface area contributed by atoms with E-state index in [9.17, 15) is 0 Å². The van der Waals surface area contributed by atoms with Crippen molar-refractivity contribution in [3.63, 3.8) is 0 Å². The summed E-state index contributed by atoms with van der Waals surface area (Å²) in [7, 11) is 0. The Bertz CT molecular complexity index is 86.1. The summed E-state index contributed by atoms with van der Waals surface area (Å²) >= 11 is 5.46. The molecule has 2 heteroatoms. The molecule has 1 saturated heterocycles. The monoisotopic (exact) mass is 118 g/mol. The number of hydrogen-bond donors (Lipinski definition) is 0. The van der Waals surface area contributed by atoms with Crippen LogP contribution >= 0.6 is 11.6 Å². The lowest BCUT2D eigenvalue weighted by atomic mass is 10.2. The molecule has 0 radical (unpaired) electrons. The summed E-state index contributed by atoms with van der Waals surface area (Å²) in [5.74, 6) is 0.538. The Labute approximate surface area is 47.9 Å². The van der Waals surface area contributed by atoms with Crippen LogP contribution < -0.4 is 0 Å². The van der Waals surface area contributed by atoms with E-state index in [1.165, 1.54) is 0 Å². The zero-order valence-electron chi connectivity index (χ0n) is 3.98. The second-order valence-corrected chi connectivity index (χ2v) is 1.96. The molecule has 1 unspecified atom stereocenters. The van der Waals surface area contributed by atoms with Crippen LogP contribution in [0.3, 0.4) is 0 Å². The lowest BCUT2D eigenvalue weighted by Crippen LogP contribution is -2.06. The number of halogens is 1. The predicted octanol–water partition coefficient (Wildman–Crippen LogP) is 1.18. The first-order valence-corrected chi connectivity index (χ1v) is 2.70. The largest absolute Gasteiger partial charge is 0.364 e. The maximum Gasteiger partial charge on any atom is 0.123 e. The van der Waals surface area contributed by atoms with Gasteiger partial charge in [-0.3, -0.25) is 0 Å². The van der Waals surface area contributed by atoms with Crippen molar-refractivity contribution in [3.8, 4) is 0 Å². The van der Waals surface area contributed by atoms with Crippen LogP contribution in [-0.4, -0.2) is 18.1 Å². The smallest absolute Gasteiger partial charge is 0.123 e. The molecule has 1 aliphatic rings. The van der Waals surface area contributed by atoms with Crippen LogP contribution in [0.2, 0.25) is 0 Å². The molecule has 1 rings (SSSR count). The molecule has 0 aromatic carbocycles. The molecule has 0 aliphatic carbocycles. The molecule has 0 spiro atoms. The van der Waals surface area contributed by atoms with Gasteiger partial charge in [0.1, 0.15) is 5.60 Å². The molecular formula is C5H7ClO.